The first kappa shape index (κ1) is 16.1. The molecule has 0 spiro atoms. The van der Waals surface area contributed by atoms with Crippen LogP contribution in [0.2, 0.25) is 0 Å². The van der Waals surface area contributed by atoms with Crippen LogP contribution in [0, 0.1) is 10.1 Å². The first-order chi connectivity index (χ1) is 10.1. The van der Waals surface area contributed by atoms with E-state index in [1.54, 1.807) is 18.7 Å². The zero-order valence-corrected chi connectivity index (χ0v) is 13.0. The van der Waals surface area contributed by atoms with E-state index in [0.717, 1.165) is 21.2 Å². The molecule has 116 valence electrons. The Kier molecular flexibility index (Phi) is 4.89. The van der Waals surface area contributed by atoms with Crippen molar-refractivity contribution in [1.29, 1.82) is 0 Å². The van der Waals surface area contributed by atoms with Gasteiger partial charge in [-0.2, -0.15) is 0 Å². The zero-order chi connectivity index (χ0) is 14.8. The molecule has 0 fully saturated rings. The largest absolute Gasteiger partial charge is 0.344 e. The van der Waals surface area contributed by atoms with E-state index >= 15 is 0 Å². The Balaban J connectivity index is 0.00000176. The Labute approximate surface area is 132 Å². The third kappa shape index (κ3) is 3.15. The van der Waals surface area contributed by atoms with E-state index in [-0.39, 0.29) is 6.15 Å². The fraction of sp³-hybridized carbons (Fsp3) is 0.200. The van der Waals surface area contributed by atoms with Gasteiger partial charge in [0.2, 0.25) is 0 Å². The number of para-hydroxylation sites is 2. The number of fused-ring (bicyclic) bond motifs is 2. The van der Waals surface area contributed by atoms with E-state index in [0.29, 0.717) is 6.54 Å². The standard InChI is InChI=1S/C15H14N2O3S.H3N/c1-11(20-17(18)19)10-16-12-6-2-4-8-14(12)21-15-9-5-3-7-13(15)16;/h2-9,11H,10H2,1H3;1H3. The van der Waals surface area contributed by atoms with E-state index < -0.39 is 11.2 Å². The molecule has 2 aromatic carbocycles. The molecule has 1 aliphatic heterocycles. The maximum absolute atomic E-state index is 10.5. The maximum Gasteiger partial charge on any atom is 0.294 e. The normalized spacial score (nSPS) is 13.4. The van der Waals surface area contributed by atoms with Gasteiger partial charge in [0.1, 0.15) is 6.10 Å². The van der Waals surface area contributed by atoms with E-state index in [1.807, 2.05) is 36.4 Å². The lowest BCUT2D eigenvalue weighted by Gasteiger charge is -2.33. The highest BCUT2D eigenvalue weighted by Crippen LogP contribution is 2.47. The third-order valence-electron chi connectivity index (χ3n) is 3.24. The molecule has 2 aromatic rings. The van der Waals surface area contributed by atoms with Crippen molar-refractivity contribution in [3.63, 3.8) is 0 Å². The number of nitrogens with zero attached hydrogens (tertiary/aromatic N) is 2. The van der Waals surface area contributed by atoms with Crippen LogP contribution in [0.4, 0.5) is 11.4 Å². The molecule has 0 radical (unpaired) electrons. The molecule has 0 bridgehead atoms. The molecule has 1 unspecified atom stereocenters. The Morgan fingerprint density at radius 3 is 2.14 bits per heavy atom. The van der Waals surface area contributed by atoms with Crippen LogP contribution in [0.25, 0.3) is 0 Å². The molecule has 0 aromatic heterocycles. The van der Waals surface area contributed by atoms with Gasteiger partial charge in [0, 0.05) is 16.3 Å². The predicted octanol–water partition coefficient (Wildman–Crippen LogP) is 4.05. The lowest BCUT2D eigenvalue weighted by atomic mass is 10.2. The second kappa shape index (κ2) is 6.67. The van der Waals surface area contributed by atoms with Gasteiger partial charge >= 0.3 is 0 Å². The van der Waals surface area contributed by atoms with Crippen LogP contribution >= 0.6 is 11.8 Å². The first-order valence-corrected chi connectivity index (χ1v) is 7.41. The predicted molar refractivity (Wildman–Crippen MR) is 86.6 cm³/mol. The number of hydrogen-bond acceptors (Lipinski definition) is 6. The fourth-order valence-electron chi connectivity index (χ4n) is 2.42. The smallest absolute Gasteiger partial charge is 0.294 e. The molecule has 0 saturated heterocycles. The minimum atomic E-state index is -0.735. The third-order valence-corrected chi connectivity index (χ3v) is 4.37. The Morgan fingerprint density at radius 1 is 1.14 bits per heavy atom. The average molecular weight is 319 g/mol. The van der Waals surface area contributed by atoms with Gasteiger partial charge in [-0.05, 0) is 31.2 Å². The van der Waals surface area contributed by atoms with Gasteiger partial charge in [0.05, 0.1) is 11.4 Å². The topological polar surface area (TPSA) is 90.6 Å². The minimum Gasteiger partial charge on any atom is -0.344 e. The van der Waals surface area contributed by atoms with Crippen LogP contribution < -0.4 is 11.1 Å². The average Bonchev–Trinajstić information content (AvgIpc) is 2.46. The summed E-state index contributed by atoms with van der Waals surface area (Å²) in [6.45, 7) is 2.13. The Bertz CT molecular complexity index is 635. The van der Waals surface area contributed by atoms with Crippen molar-refractivity contribution in [1.82, 2.24) is 6.15 Å². The highest BCUT2D eigenvalue weighted by molar-refractivity contribution is 7.99. The van der Waals surface area contributed by atoms with Crippen LogP contribution in [-0.2, 0) is 4.84 Å². The fourth-order valence-corrected chi connectivity index (χ4v) is 3.51. The van der Waals surface area contributed by atoms with Crippen molar-refractivity contribution in [2.75, 3.05) is 11.4 Å². The van der Waals surface area contributed by atoms with Crippen molar-refractivity contribution in [2.24, 2.45) is 0 Å². The van der Waals surface area contributed by atoms with Crippen molar-refractivity contribution in [3.05, 3.63) is 58.6 Å². The molecule has 1 heterocycles. The van der Waals surface area contributed by atoms with Crippen LogP contribution in [-0.4, -0.2) is 17.7 Å². The highest BCUT2D eigenvalue weighted by atomic mass is 32.2. The first-order valence-electron chi connectivity index (χ1n) is 6.60. The van der Waals surface area contributed by atoms with Gasteiger partial charge in [0.25, 0.3) is 5.09 Å². The molecule has 6 nitrogen and oxygen atoms in total. The highest BCUT2D eigenvalue weighted by Gasteiger charge is 2.24. The van der Waals surface area contributed by atoms with Gasteiger partial charge < -0.3 is 15.9 Å². The molecule has 3 rings (SSSR count). The second-order valence-electron chi connectivity index (χ2n) is 4.79. The Morgan fingerprint density at radius 2 is 1.64 bits per heavy atom. The summed E-state index contributed by atoms with van der Waals surface area (Å²) < 4.78 is 0. The maximum atomic E-state index is 10.5. The lowest BCUT2D eigenvalue weighted by Crippen LogP contribution is -2.31. The second-order valence-corrected chi connectivity index (χ2v) is 5.87. The van der Waals surface area contributed by atoms with Crippen LogP contribution in [0.15, 0.2) is 58.3 Å². The van der Waals surface area contributed by atoms with Gasteiger partial charge in [-0.3, -0.25) is 0 Å². The van der Waals surface area contributed by atoms with E-state index in [2.05, 4.69) is 21.9 Å². The SMILES string of the molecule is CC(CN1c2ccccc2Sc2ccccc21)O[N+](=O)[O-].N. The van der Waals surface area contributed by atoms with Crippen LogP contribution in [0.3, 0.4) is 0 Å². The summed E-state index contributed by atoms with van der Waals surface area (Å²) in [6.07, 6.45) is -0.510. The minimum absolute atomic E-state index is 0. The van der Waals surface area contributed by atoms with Gasteiger partial charge in [-0.25, -0.2) is 0 Å². The van der Waals surface area contributed by atoms with Gasteiger partial charge in [-0.15, -0.1) is 10.1 Å². The summed E-state index contributed by atoms with van der Waals surface area (Å²) in [5, 5.41) is 9.77. The van der Waals surface area contributed by atoms with E-state index in [4.69, 9.17) is 0 Å². The summed E-state index contributed by atoms with van der Waals surface area (Å²) in [5.74, 6) is 0. The summed E-state index contributed by atoms with van der Waals surface area (Å²) in [7, 11) is 0. The van der Waals surface area contributed by atoms with Crippen molar-refractivity contribution < 1.29 is 9.92 Å². The number of rotatable bonds is 4. The van der Waals surface area contributed by atoms with Gasteiger partial charge in [0.15, 0.2) is 0 Å². The molecule has 0 saturated carbocycles. The number of anilines is 2. The summed E-state index contributed by atoms with van der Waals surface area (Å²) >= 11 is 1.71. The molecule has 0 amide bonds. The van der Waals surface area contributed by atoms with Crippen molar-refractivity contribution >= 4 is 23.1 Å². The lowest BCUT2D eigenvalue weighted by molar-refractivity contribution is -0.766. The molecule has 3 N–H and O–H groups in total. The summed E-state index contributed by atoms with van der Waals surface area (Å²) in [5.41, 5.74) is 2.11. The molecular weight excluding hydrogens is 302 g/mol. The van der Waals surface area contributed by atoms with E-state index in [1.165, 1.54) is 0 Å². The molecular formula is C15H17N3O3S. The van der Waals surface area contributed by atoms with Crippen molar-refractivity contribution in [3.8, 4) is 0 Å². The van der Waals surface area contributed by atoms with Gasteiger partial charge in [-0.1, -0.05) is 36.0 Å². The molecule has 22 heavy (non-hydrogen) atoms. The quantitative estimate of drug-likeness (QED) is 0.675. The molecule has 0 aliphatic carbocycles. The zero-order valence-electron chi connectivity index (χ0n) is 12.1. The Hall–Kier alpha value is -2.25. The van der Waals surface area contributed by atoms with E-state index in [9.17, 15) is 10.1 Å². The number of hydrogen-bond donors (Lipinski definition) is 1. The molecule has 1 aliphatic rings. The molecule has 1 atom stereocenters. The monoisotopic (exact) mass is 319 g/mol. The summed E-state index contributed by atoms with van der Waals surface area (Å²) in [4.78, 5) is 19.5. The summed E-state index contributed by atoms with van der Waals surface area (Å²) in [6, 6.07) is 16.1. The van der Waals surface area contributed by atoms with Crippen LogP contribution in [0.5, 0.6) is 0 Å². The molecule has 7 heteroatoms. The number of benzene rings is 2. The van der Waals surface area contributed by atoms with Crippen molar-refractivity contribution in [2.45, 2.75) is 22.8 Å². The van der Waals surface area contributed by atoms with Crippen LogP contribution in [0.1, 0.15) is 6.92 Å².